The van der Waals surface area contributed by atoms with Gasteiger partial charge in [-0.25, -0.2) is 9.59 Å². The molecular formula is C44H50N6O4. The Hall–Kier alpha value is -5.87. The lowest BCUT2D eigenvalue weighted by Gasteiger charge is -2.46. The first-order chi connectivity index (χ1) is 26.3. The topological polar surface area (TPSA) is 117 Å². The highest BCUT2D eigenvalue weighted by Gasteiger charge is 2.66. The maximum atomic E-state index is 14.9. The fourth-order valence-electron chi connectivity index (χ4n) is 7.10. The average molecular weight is 727 g/mol. The number of nitrogens with zero attached hydrogens (tertiary/aromatic N) is 3. The molecule has 280 valence electrons. The summed E-state index contributed by atoms with van der Waals surface area (Å²) in [5.41, 5.74) is 3.31. The van der Waals surface area contributed by atoms with Gasteiger partial charge in [0, 0.05) is 24.5 Å². The van der Waals surface area contributed by atoms with Crippen LogP contribution in [0.1, 0.15) is 50.7 Å². The van der Waals surface area contributed by atoms with E-state index in [2.05, 4.69) is 16.0 Å². The van der Waals surface area contributed by atoms with E-state index in [1.54, 1.807) is 0 Å². The zero-order valence-electron chi connectivity index (χ0n) is 30.9. The Labute approximate surface area is 318 Å². The quantitative estimate of drug-likeness (QED) is 0.0832. The Morgan fingerprint density at radius 2 is 1.15 bits per heavy atom. The van der Waals surface area contributed by atoms with E-state index in [4.69, 9.17) is 0 Å². The van der Waals surface area contributed by atoms with Crippen LogP contribution in [0.5, 0.6) is 0 Å². The second kappa shape index (κ2) is 17.8. The largest absolute Gasteiger partial charge is 0.376 e. The van der Waals surface area contributed by atoms with Gasteiger partial charge in [-0.2, -0.15) is 0 Å². The molecule has 2 saturated heterocycles. The minimum atomic E-state index is -2.28. The minimum absolute atomic E-state index is 0.159. The van der Waals surface area contributed by atoms with Gasteiger partial charge >= 0.3 is 12.1 Å². The molecule has 4 aromatic carbocycles. The first kappa shape index (κ1) is 37.9. The molecule has 4 aromatic rings. The minimum Gasteiger partial charge on any atom is -0.376 e. The van der Waals surface area contributed by atoms with Crippen molar-refractivity contribution in [1.82, 2.24) is 20.0 Å². The molecule has 4 N–H and O–H groups in total. The number of para-hydroxylation sites is 2. The standard InChI is InChI=1S/C44H50N6O4/c1-3-5-31-48-41(51)39(37(45-35-23-15-9-16-24-35)29-27-33-19-11-7-12-20-33)50(43(48)53)44(54)40(47-42(52)49(44)32-6-4-2)38(46-36-25-17-10-18-26-36)30-28-34-21-13-8-14-22-34/h7-30,37-40,45-46,54H,3-6,31-32H2,1-2H3,(H,47,52)/b29-27+,30-28+/t37-,38-,39-,40+,44?/m1/s1. The monoisotopic (exact) mass is 726 g/mol. The van der Waals surface area contributed by atoms with E-state index in [-0.39, 0.29) is 13.1 Å². The summed E-state index contributed by atoms with van der Waals surface area (Å²) >= 11 is 0. The van der Waals surface area contributed by atoms with E-state index in [9.17, 15) is 19.5 Å². The molecule has 2 heterocycles. The van der Waals surface area contributed by atoms with Crippen LogP contribution in [-0.2, 0) is 4.79 Å². The number of amides is 5. The summed E-state index contributed by atoms with van der Waals surface area (Å²) in [7, 11) is 0. The van der Waals surface area contributed by atoms with Gasteiger partial charge in [0.1, 0.15) is 12.1 Å². The number of imide groups is 1. The van der Waals surface area contributed by atoms with Gasteiger partial charge in [-0.05, 0) is 48.2 Å². The van der Waals surface area contributed by atoms with Crippen LogP contribution in [0.15, 0.2) is 133 Å². The van der Waals surface area contributed by atoms with Gasteiger partial charge < -0.3 is 21.1 Å². The van der Waals surface area contributed by atoms with Gasteiger partial charge in [0.15, 0.2) is 0 Å². The molecule has 2 aliphatic heterocycles. The number of urea groups is 2. The van der Waals surface area contributed by atoms with Gasteiger partial charge in [-0.3, -0.25) is 19.5 Å². The Kier molecular flexibility index (Phi) is 12.5. The third kappa shape index (κ3) is 8.34. The maximum absolute atomic E-state index is 14.9. The molecule has 0 aromatic heterocycles. The molecule has 2 fully saturated rings. The number of hydrogen-bond acceptors (Lipinski definition) is 6. The Bertz CT molecular complexity index is 1890. The number of nitrogens with one attached hydrogen (secondary N) is 3. The predicted molar refractivity (Wildman–Crippen MR) is 215 cm³/mol. The lowest BCUT2D eigenvalue weighted by Crippen LogP contribution is -2.71. The summed E-state index contributed by atoms with van der Waals surface area (Å²) in [6, 6.07) is 33.4. The summed E-state index contributed by atoms with van der Waals surface area (Å²) in [4.78, 5) is 47.7. The highest BCUT2D eigenvalue weighted by atomic mass is 16.4. The van der Waals surface area contributed by atoms with Crippen molar-refractivity contribution in [2.45, 2.75) is 69.5 Å². The SMILES string of the molecule is CCCCN1C(=O)[C@@H]([C@@H](/C=C/c2ccccc2)Nc2ccccc2)N(C2(O)[C@H]([C@@H](/C=C/c3ccccc3)Nc3ccccc3)NC(=O)N2CCCC)C1=O. The number of rotatable bonds is 17. The Morgan fingerprint density at radius 3 is 1.67 bits per heavy atom. The molecule has 0 aliphatic carbocycles. The smallest absolute Gasteiger partial charge is 0.331 e. The van der Waals surface area contributed by atoms with Crippen molar-refractivity contribution in [3.05, 3.63) is 145 Å². The zero-order chi connectivity index (χ0) is 37.9. The van der Waals surface area contributed by atoms with E-state index in [1.807, 2.05) is 159 Å². The first-order valence-electron chi connectivity index (χ1n) is 18.9. The molecule has 0 saturated carbocycles. The van der Waals surface area contributed by atoms with E-state index < -0.39 is 48.0 Å². The van der Waals surface area contributed by atoms with E-state index in [0.717, 1.165) is 35.3 Å². The van der Waals surface area contributed by atoms with Crippen molar-refractivity contribution in [3.8, 4) is 0 Å². The van der Waals surface area contributed by atoms with Crippen LogP contribution in [0.4, 0.5) is 21.0 Å². The number of benzene rings is 4. The fraction of sp³-hybridized carbons (Fsp3) is 0.295. The Morgan fingerprint density at radius 1 is 0.685 bits per heavy atom. The number of anilines is 2. The van der Waals surface area contributed by atoms with Gasteiger partial charge in [0.05, 0.1) is 12.1 Å². The second-order valence-corrected chi connectivity index (χ2v) is 13.7. The first-order valence-corrected chi connectivity index (χ1v) is 18.9. The number of aliphatic hydroxyl groups is 1. The van der Waals surface area contributed by atoms with Crippen molar-refractivity contribution in [3.63, 3.8) is 0 Å². The normalized spacial score (nSPS) is 21.2. The van der Waals surface area contributed by atoms with Crippen molar-refractivity contribution in [2.75, 3.05) is 23.7 Å². The van der Waals surface area contributed by atoms with Crippen LogP contribution < -0.4 is 16.0 Å². The summed E-state index contributed by atoms with van der Waals surface area (Å²) in [6.45, 7) is 4.34. The van der Waals surface area contributed by atoms with Crippen molar-refractivity contribution < 1.29 is 19.5 Å². The molecule has 2 aliphatic rings. The van der Waals surface area contributed by atoms with Crippen LogP contribution >= 0.6 is 0 Å². The van der Waals surface area contributed by atoms with E-state index in [1.165, 1.54) is 14.7 Å². The number of carbonyl (C=O) groups excluding carboxylic acids is 3. The van der Waals surface area contributed by atoms with Crippen LogP contribution in [0, 0.1) is 0 Å². The zero-order valence-corrected chi connectivity index (χ0v) is 30.9. The molecule has 54 heavy (non-hydrogen) atoms. The average Bonchev–Trinajstić information content (AvgIpc) is 3.61. The summed E-state index contributed by atoms with van der Waals surface area (Å²) in [6.07, 6.45) is 10.2. The van der Waals surface area contributed by atoms with Crippen molar-refractivity contribution >= 4 is 41.5 Å². The number of unbranched alkanes of at least 4 members (excludes halogenated alkanes) is 2. The second-order valence-electron chi connectivity index (χ2n) is 13.7. The molecular weight excluding hydrogens is 677 g/mol. The predicted octanol–water partition coefficient (Wildman–Crippen LogP) is 7.65. The molecule has 10 nitrogen and oxygen atoms in total. The van der Waals surface area contributed by atoms with E-state index >= 15 is 0 Å². The molecule has 0 bridgehead atoms. The highest BCUT2D eigenvalue weighted by molar-refractivity contribution is 6.06. The van der Waals surface area contributed by atoms with Gasteiger partial charge in [-0.1, -0.05) is 148 Å². The van der Waals surface area contributed by atoms with Crippen molar-refractivity contribution in [1.29, 1.82) is 0 Å². The molecule has 0 spiro atoms. The molecule has 10 heteroatoms. The molecule has 5 atom stereocenters. The van der Waals surface area contributed by atoms with Gasteiger partial charge in [0.2, 0.25) is 0 Å². The molecule has 1 unspecified atom stereocenters. The van der Waals surface area contributed by atoms with E-state index in [0.29, 0.717) is 12.8 Å². The Balaban J connectivity index is 1.52. The van der Waals surface area contributed by atoms with Crippen molar-refractivity contribution in [2.24, 2.45) is 0 Å². The maximum Gasteiger partial charge on any atom is 0.331 e. The fourth-order valence-corrected chi connectivity index (χ4v) is 7.10. The number of carbonyl (C=O) groups is 3. The van der Waals surface area contributed by atoms with Gasteiger partial charge in [0.25, 0.3) is 11.8 Å². The highest BCUT2D eigenvalue weighted by Crippen LogP contribution is 2.39. The molecule has 5 amide bonds. The third-order valence-electron chi connectivity index (χ3n) is 9.90. The van der Waals surface area contributed by atoms with Gasteiger partial charge in [-0.15, -0.1) is 0 Å². The number of hydrogen-bond donors (Lipinski definition) is 4. The summed E-state index contributed by atoms with van der Waals surface area (Å²) in [5, 5.41) is 23.6. The van der Waals surface area contributed by atoms with Crippen LogP contribution in [0.2, 0.25) is 0 Å². The summed E-state index contributed by atoms with van der Waals surface area (Å²) < 4.78 is 0. The van der Waals surface area contributed by atoms with Crippen LogP contribution in [0.25, 0.3) is 12.2 Å². The lowest BCUT2D eigenvalue weighted by atomic mass is 9.96. The molecule has 0 radical (unpaired) electrons. The third-order valence-corrected chi connectivity index (χ3v) is 9.90. The lowest BCUT2D eigenvalue weighted by molar-refractivity contribution is -0.182. The van der Waals surface area contributed by atoms with Crippen LogP contribution in [0.3, 0.4) is 0 Å². The van der Waals surface area contributed by atoms with Crippen LogP contribution in [-0.4, -0.2) is 80.9 Å². The molecule has 6 rings (SSSR count). The summed E-state index contributed by atoms with van der Waals surface area (Å²) in [5.74, 6) is -2.73.